The van der Waals surface area contributed by atoms with E-state index in [1.807, 2.05) is 13.8 Å². The lowest BCUT2D eigenvalue weighted by molar-refractivity contribution is 0.501. The van der Waals surface area contributed by atoms with Crippen LogP contribution in [-0.2, 0) is 6.54 Å². The Hall–Kier alpha value is -1.63. The highest BCUT2D eigenvalue weighted by molar-refractivity contribution is 9.10. The van der Waals surface area contributed by atoms with Crippen LogP contribution in [0.3, 0.4) is 0 Å². The van der Waals surface area contributed by atoms with Crippen molar-refractivity contribution >= 4 is 21.6 Å². The first-order valence-corrected chi connectivity index (χ1v) is 6.37. The molecular weight excluding hydrogens is 298 g/mol. The number of H-pyrrole nitrogens is 1. The lowest BCUT2D eigenvalue weighted by Crippen LogP contribution is -2.26. The fourth-order valence-electron chi connectivity index (χ4n) is 1.51. The van der Waals surface area contributed by atoms with Gasteiger partial charge in [-0.2, -0.15) is 5.10 Å². The quantitative estimate of drug-likeness (QED) is 0.904. The van der Waals surface area contributed by atoms with E-state index in [4.69, 9.17) is 0 Å². The summed E-state index contributed by atoms with van der Waals surface area (Å²) in [5, 5.41) is 7.25. The van der Waals surface area contributed by atoms with Gasteiger partial charge in [0.2, 0.25) is 0 Å². The van der Waals surface area contributed by atoms with Crippen LogP contribution in [0.5, 0.6) is 0 Å². The van der Waals surface area contributed by atoms with Crippen molar-refractivity contribution < 1.29 is 0 Å². The first-order chi connectivity index (χ1) is 8.59. The van der Waals surface area contributed by atoms with Crippen molar-refractivity contribution in [1.82, 2.24) is 19.7 Å². The number of aromatic amines is 1. The van der Waals surface area contributed by atoms with Gasteiger partial charge in [0.15, 0.2) is 0 Å². The van der Waals surface area contributed by atoms with Gasteiger partial charge in [-0.05, 0) is 29.8 Å². The highest BCUT2D eigenvalue weighted by atomic mass is 79.9. The summed E-state index contributed by atoms with van der Waals surface area (Å²) >= 11 is 3.30. The maximum absolute atomic E-state index is 12.0. The van der Waals surface area contributed by atoms with Gasteiger partial charge in [-0.1, -0.05) is 0 Å². The Morgan fingerprint density at radius 3 is 2.89 bits per heavy atom. The average Bonchev–Trinajstić information content (AvgIpc) is 2.83. The monoisotopic (exact) mass is 311 g/mol. The maximum Gasteiger partial charge on any atom is 0.283 e. The summed E-state index contributed by atoms with van der Waals surface area (Å²) in [5.74, 6) is 0. The minimum atomic E-state index is -0.139. The van der Waals surface area contributed by atoms with E-state index in [1.54, 1.807) is 18.7 Å². The summed E-state index contributed by atoms with van der Waals surface area (Å²) in [7, 11) is 0. The van der Waals surface area contributed by atoms with E-state index in [1.165, 1.54) is 4.68 Å². The molecule has 0 fully saturated rings. The Kier molecular flexibility index (Phi) is 3.81. The summed E-state index contributed by atoms with van der Waals surface area (Å²) < 4.78 is 1.93. The Balaban J connectivity index is 2.20. The lowest BCUT2D eigenvalue weighted by atomic mass is 10.4. The molecule has 0 radical (unpaired) electrons. The Labute approximate surface area is 113 Å². The molecule has 0 aliphatic carbocycles. The number of imidazole rings is 1. The molecular formula is C11H14BrN5O. The Morgan fingerprint density at radius 1 is 1.50 bits per heavy atom. The van der Waals surface area contributed by atoms with Gasteiger partial charge in [0.1, 0.15) is 4.47 Å². The predicted octanol–water partition coefficient (Wildman–Crippen LogP) is 1.92. The zero-order chi connectivity index (χ0) is 13.1. The molecule has 6 nitrogen and oxygen atoms in total. The molecule has 0 spiro atoms. The van der Waals surface area contributed by atoms with Crippen LogP contribution in [0.1, 0.15) is 25.6 Å². The zero-order valence-corrected chi connectivity index (χ0v) is 11.7. The van der Waals surface area contributed by atoms with E-state index < -0.39 is 0 Å². The summed E-state index contributed by atoms with van der Waals surface area (Å²) in [6.07, 6.45) is 4.98. The van der Waals surface area contributed by atoms with Crippen LogP contribution in [0.2, 0.25) is 0 Å². The van der Waals surface area contributed by atoms with E-state index >= 15 is 0 Å². The normalized spacial score (nSPS) is 10.9. The first kappa shape index (κ1) is 12.8. The fraction of sp³-hybridized carbons (Fsp3) is 0.364. The topological polar surface area (TPSA) is 75.6 Å². The number of nitrogens with one attached hydrogen (secondary N) is 2. The van der Waals surface area contributed by atoms with E-state index in [-0.39, 0.29) is 11.6 Å². The molecule has 0 saturated carbocycles. The van der Waals surface area contributed by atoms with E-state index in [2.05, 4.69) is 36.3 Å². The van der Waals surface area contributed by atoms with Gasteiger partial charge in [0, 0.05) is 6.20 Å². The van der Waals surface area contributed by atoms with Gasteiger partial charge in [-0.15, -0.1) is 0 Å². The number of anilines is 1. The highest BCUT2D eigenvalue weighted by Gasteiger charge is 2.10. The molecule has 7 heteroatoms. The van der Waals surface area contributed by atoms with E-state index in [0.717, 1.165) is 5.69 Å². The van der Waals surface area contributed by atoms with Crippen molar-refractivity contribution in [3.8, 4) is 0 Å². The van der Waals surface area contributed by atoms with Gasteiger partial charge >= 0.3 is 0 Å². The van der Waals surface area contributed by atoms with Crippen molar-refractivity contribution in [1.29, 1.82) is 0 Å². The fourth-order valence-corrected chi connectivity index (χ4v) is 1.93. The second-order valence-corrected chi connectivity index (χ2v) is 4.94. The van der Waals surface area contributed by atoms with Crippen LogP contribution in [0.4, 0.5) is 5.69 Å². The van der Waals surface area contributed by atoms with Crippen molar-refractivity contribution in [3.63, 3.8) is 0 Å². The summed E-state index contributed by atoms with van der Waals surface area (Å²) in [6, 6.07) is 0.0375. The third-order valence-corrected chi connectivity index (χ3v) is 3.22. The molecule has 2 rings (SSSR count). The number of aromatic nitrogens is 4. The maximum atomic E-state index is 12.0. The van der Waals surface area contributed by atoms with E-state index in [0.29, 0.717) is 16.7 Å². The molecule has 0 aliphatic heterocycles. The van der Waals surface area contributed by atoms with Gasteiger partial charge < -0.3 is 10.3 Å². The number of hydrogen-bond donors (Lipinski definition) is 2. The van der Waals surface area contributed by atoms with Gasteiger partial charge in [-0.25, -0.2) is 9.67 Å². The van der Waals surface area contributed by atoms with Crippen molar-refractivity contribution in [3.05, 3.63) is 39.2 Å². The first-order valence-electron chi connectivity index (χ1n) is 5.58. The summed E-state index contributed by atoms with van der Waals surface area (Å²) in [4.78, 5) is 18.9. The minimum Gasteiger partial charge on any atom is -0.377 e. The minimum absolute atomic E-state index is 0.0375. The van der Waals surface area contributed by atoms with Crippen LogP contribution in [0, 0.1) is 0 Å². The van der Waals surface area contributed by atoms with Crippen LogP contribution in [0.15, 0.2) is 28.0 Å². The second-order valence-electron chi connectivity index (χ2n) is 4.15. The molecule has 0 amide bonds. The van der Waals surface area contributed by atoms with Gasteiger partial charge in [0.25, 0.3) is 5.56 Å². The predicted molar refractivity (Wildman–Crippen MR) is 72.5 cm³/mol. The Morgan fingerprint density at radius 2 is 2.28 bits per heavy atom. The Bertz CT molecular complexity index is 576. The number of rotatable bonds is 4. The number of nitrogens with zero attached hydrogens (tertiary/aromatic N) is 3. The molecule has 0 unspecified atom stereocenters. The van der Waals surface area contributed by atoms with Crippen LogP contribution < -0.4 is 10.9 Å². The molecule has 0 aliphatic rings. The van der Waals surface area contributed by atoms with Crippen LogP contribution in [-0.4, -0.2) is 19.7 Å². The van der Waals surface area contributed by atoms with Gasteiger partial charge in [0.05, 0.1) is 36.5 Å². The van der Waals surface area contributed by atoms with Crippen molar-refractivity contribution in [2.75, 3.05) is 5.32 Å². The average molecular weight is 312 g/mol. The third kappa shape index (κ3) is 2.61. The molecule has 2 heterocycles. The largest absolute Gasteiger partial charge is 0.377 e. The molecule has 2 N–H and O–H groups in total. The summed E-state index contributed by atoms with van der Waals surface area (Å²) in [6.45, 7) is 4.39. The second kappa shape index (κ2) is 5.34. The highest BCUT2D eigenvalue weighted by Crippen LogP contribution is 2.17. The molecule has 0 saturated heterocycles. The van der Waals surface area contributed by atoms with Gasteiger partial charge in [-0.3, -0.25) is 4.79 Å². The molecule has 18 heavy (non-hydrogen) atoms. The lowest BCUT2D eigenvalue weighted by Gasteiger charge is -2.11. The van der Waals surface area contributed by atoms with Crippen LogP contribution in [0.25, 0.3) is 0 Å². The number of halogens is 1. The molecule has 96 valence electrons. The zero-order valence-electron chi connectivity index (χ0n) is 10.1. The molecule has 2 aromatic rings. The smallest absolute Gasteiger partial charge is 0.283 e. The molecule has 0 atom stereocenters. The molecule has 0 bridgehead atoms. The SMILES string of the molecule is CC(C)n1ncc(NCc2cnc[nH]2)c(Br)c1=O. The molecule has 2 aromatic heterocycles. The van der Waals surface area contributed by atoms with Crippen molar-refractivity contribution in [2.24, 2.45) is 0 Å². The summed E-state index contributed by atoms with van der Waals surface area (Å²) in [5.41, 5.74) is 1.47. The standard InChI is InChI=1S/C11H14BrN5O/c1-7(2)17-11(18)10(12)9(5-16-17)14-4-8-3-13-6-15-8/h3,5-7,14H,4H2,1-2H3,(H,13,15). The van der Waals surface area contributed by atoms with Crippen molar-refractivity contribution in [2.45, 2.75) is 26.4 Å². The number of hydrogen-bond acceptors (Lipinski definition) is 4. The van der Waals surface area contributed by atoms with E-state index in [9.17, 15) is 4.79 Å². The van der Waals surface area contributed by atoms with Crippen LogP contribution >= 0.6 is 15.9 Å². The molecule has 0 aromatic carbocycles. The third-order valence-electron chi connectivity index (χ3n) is 2.46.